The first kappa shape index (κ1) is 28.4. The Morgan fingerprint density at radius 1 is 1.17 bits per heavy atom. The molecule has 0 saturated carbocycles. The molecular formula is C24H32Cl3N5O4. The molecule has 1 aliphatic rings. The number of alkyl carbamates (subject to hydrolysis) is 1. The molecule has 2 heterocycles. The molecule has 2 aromatic rings. The van der Waals surface area contributed by atoms with Gasteiger partial charge in [-0.25, -0.2) is 14.6 Å². The van der Waals surface area contributed by atoms with Crippen LogP contribution in [0.25, 0.3) is 5.69 Å². The summed E-state index contributed by atoms with van der Waals surface area (Å²) in [5.74, 6) is 0. The van der Waals surface area contributed by atoms with E-state index in [1.807, 2.05) is 56.7 Å². The molecule has 1 fully saturated rings. The number of anilines is 1. The van der Waals surface area contributed by atoms with Crippen molar-refractivity contribution in [1.82, 2.24) is 19.8 Å². The van der Waals surface area contributed by atoms with E-state index in [-0.39, 0.29) is 12.6 Å². The van der Waals surface area contributed by atoms with E-state index < -0.39 is 21.6 Å². The van der Waals surface area contributed by atoms with Crippen LogP contribution < -0.4 is 10.6 Å². The van der Waals surface area contributed by atoms with Gasteiger partial charge in [0.1, 0.15) is 12.2 Å². The minimum atomic E-state index is -1.70. The van der Waals surface area contributed by atoms with Crippen LogP contribution in [0.4, 0.5) is 15.3 Å². The highest BCUT2D eigenvalue weighted by atomic mass is 35.6. The molecule has 1 atom stereocenters. The van der Waals surface area contributed by atoms with Gasteiger partial charge in [-0.05, 0) is 70.8 Å². The van der Waals surface area contributed by atoms with Crippen LogP contribution in [0.3, 0.4) is 0 Å². The van der Waals surface area contributed by atoms with Gasteiger partial charge in [-0.1, -0.05) is 34.8 Å². The quantitative estimate of drug-likeness (QED) is 0.447. The first-order chi connectivity index (χ1) is 16.8. The van der Waals surface area contributed by atoms with Gasteiger partial charge in [-0.2, -0.15) is 0 Å². The summed E-state index contributed by atoms with van der Waals surface area (Å²) in [6.07, 6.45) is 4.28. The minimum absolute atomic E-state index is 0.0115. The zero-order valence-electron chi connectivity index (χ0n) is 20.8. The Morgan fingerprint density at radius 3 is 2.56 bits per heavy atom. The van der Waals surface area contributed by atoms with Crippen molar-refractivity contribution >= 4 is 52.7 Å². The largest absolute Gasteiger partial charge is 0.445 e. The average Bonchev–Trinajstić information content (AvgIpc) is 3.17. The summed E-state index contributed by atoms with van der Waals surface area (Å²) >= 11 is 17.0. The second-order valence-electron chi connectivity index (χ2n) is 9.85. The maximum absolute atomic E-state index is 12.3. The minimum Gasteiger partial charge on any atom is -0.445 e. The number of aryl methyl sites for hydroxylation is 1. The van der Waals surface area contributed by atoms with Crippen LogP contribution in [0, 0.1) is 6.92 Å². The van der Waals surface area contributed by atoms with E-state index in [2.05, 4.69) is 20.5 Å². The van der Waals surface area contributed by atoms with E-state index in [1.54, 1.807) is 6.33 Å². The molecule has 0 unspecified atom stereocenters. The lowest BCUT2D eigenvalue weighted by Crippen LogP contribution is -2.48. The number of alkyl halides is 3. The summed E-state index contributed by atoms with van der Waals surface area (Å²) < 4.78 is 10.6. The fourth-order valence-electron chi connectivity index (χ4n) is 3.90. The van der Waals surface area contributed by atoms with Crippen molar-refractivity contribution in [3.63, 3.8) is 0 Å². The molecule has 0 spiro atoms. The number of nitrogens with zero attached hydrogens (tertiary/aromatic N) is 3. The van der Waals surface area contributed by atoms with Gasteiger partial charge in [0.05, 0.1) is 12.0 Å². The average molecular weight is 561 g/mol. The Kier molecular flexibility index (Phi) is 9.38. The molecular weight excluding hydrogens is 529 g/mol. The summed E-state index contributed by atoms with van der Waals surface area (Å²) in [4.78, 5) is 31.0. The smallest absolute Gasteiger partial charge is 0.411 e. The Morgan fingerprint density at radius 2 is 1.92 bits per heavy atom. The SMILES string of the molecule is Cc1cn(-c2cc(CN3CCC[C@@H](NC(=O)OC(C)(C)C)C3)cc(NC(=O)OCC(Cl)(Cl)Cl)c2)cn1. The molecule has 1 aromatic heterocycles. The standard InChI is InChI=1S/C24H32Cl3N5O4/c1-16-11-32(15-28-16)20-9-17(8-19(10-20)30-21(33)35-14-24(25,26)27)12-31-7-5-6-18(13-31)29-22(34)36-23(2,3)4/h8-11,15,18H,5-7,12-14H2,1-4H3,(H,29,34)(H,30,33)/t18-/m1/s1. The van der Waals surface area contributed by atoms with Crippen LogP contribution in [-0.4, -0.2) is 61.8 Å². The predicted octanol–water partition coefficient (Wildman–Crippen LogP) is 5.59. The lowest BCUT2D eigenvalue weighted by atomic mass is 10.0. The Hall–Kier alpha value is -2.20. The van der Waals surface area contributed by atoms with Gasteiger partial charge in [-0.15, -0.1) is 0 Å². The van der Waals surface area contributed by atoms with Crippen molar-refractivity contribution in [3.8, 4) is 5.69 Å². The Bertz CT molecular complexity index is 1060. The lowest BCUT2D eigenvalue weighted by molar-refractivity contribution is 0.0470. The van der Waals surface area contributed by atoms with Gasteiger partial charge >= 0.3 is 12.2 Å². The van der Waals surface area contributed by atoms with Gasteiger partial charge in [0, 0.05) is 36.7 Å². The van der Waals surface area contributed by atoms with Crippen LogP contribution >= 0.6 is 34.8 Å². The molecule has 198 valence electrons. The third kappa shape index (κ3) is 9.69. The molecule has 1 aromatic carbocycles. The van der Waals surface area contributed by atoms with Crippen LogP contribution in [0.5, 0.6) is 0 Å². The molecule has 2 N–H and O–H groups in total. The third-order valence-electron chi connectivity index (χ3n) is 5.23. The maximum Gasteiger partial charge on any atom is 0.411 e. The van der Waals surface area contributed by atoms with E-state index in [9.17, 15) is 9.59 Å². The summed E-state index contributed by atoms with van der Waals surface area (Å²) in [7, 11) is 0. The number of halogens is 3. The number of piperidine rings is 1. The number of amides is 2. The van der Waals surface area contributed by atoms with Gasteiger partial charge in [0.2, 0.25) is 3.79 Å². The Labute approximate surface area is 226 Å². The summed E-state index contributed by atoms with van der Waals surface area (Å²) in [6.45, 7) is 9.23. The number of hydrogen-bond donors (Lipinski definition) is 2. The summed E-state index contributed by atoms with van der Waals surface area (Å²) in [6, 6.07) is 5.70. The zero-order chi connectivity index (χ0) is 26.5. The third-order valence-corrected chi connectivity index (χ3v) is 5.56. The van der Waals surface area contributed by atoms with Crippen LogP contribution in [0.1, 0.15) is 44.9 Å². The predicted molar refractivity (Wildman–Crippen MR) is 141 cm³/mol. The molecule has 36 heavy (non-hydrogen) atoms. The van der Waals surface area contributed by atoms with Crippen LogP contribution in [0.2, 0.25) is 0 Å². The highest BCUT2D eigenvalue weighted by Gasteiger charge is 2.25. The topological polar surface area (TPSA) is 97.7 Å². The molecule has 0 radical (unpaired) electrons. The number of rotatable bonds is 6. The number of carbonyl (C=O) groups is 2. The van der Waals surface area contributed by atoms with Crippen LogP contribution in [-0.2, 0) is 16.0 Å². The van der Waals surface area contributed by atoms with Crippen molar-refractivity contribution < 1.29 is 19.1 Å². The number of benzene rings is 1. The second kappa shape index (κ2) is 11.9. The Balaban J connectivity index is 1.72. The van der Waals surface area contributed by atoms with Crippen molar-refractivity contribution in [2.75, 3.05) is 25.0 Å². The number of nitrogens with one attached hydrogen (secondary N) is 2. The highest BCUT2D eigenvalue weighted by molar-refractivity contribution is 6.67. The monoisotopic (exact) mass is 559 g/mol. The van der Waals surface area contributed by atoms with Crippen molar-refractivity contribution in [3.05, 3.63) is 42.0 Å². The number of carbonyl (C=O) groups excluding carboxylic acids is 2. The molecule has 3 rings (SSSR count). The first-order valence-electron chi connectivity index (χ1n) is 11.6. The number of hydrogen-bond acceptors (Lipinski definition) is 6. The fourth-order valence-corrected chi connectivity index (χ4v) is 4.06. The lowest BCUT2D eigenvalue weighted by Gasteiger charge is -2.33. The van der Waals surface area contributed by atoms with Gasteiger partial charge in [0.25, 0.3) is 0 Å². The molecule has 0 aliphatic carbocycles. The van der Waals surface area contributed by atoms with Crippen LogP contribution in [0.15, 0.2) is 30.7 Å². The van der Waals surface area contributed by atoms with E-state index in [0.29, 0.717) is 18.8 Å². The molecule has 1 aliphatic heterocycles. The normalized spacial score (nSPS) is 16.9. The van der Waals surface area contributed by atoms with E-state index >= 15 is 0 Å². The molecule has 0 bridgehead atoms. The molecule has 12 heteroatoms. The zero-order valence-corrected chi connectivity index (χ0v) is 23.1. The molecule has 2 amide bonds. The number of imidazole rings is 1. The first-order valence-corrected chi connectivity index (χ1v) is 12.8. The number of ether oxygens (including phenoxy) is 2. The van der Waals surface area contributed by atoms with Gasteiger partial charge < -0.3 is 19.4 Å². The van der Waals surface area contributed by atoms with E-state index in [4.69, 9.17) is 44.3 Å². The summed E-state index contributed by atoms with van der Waals surface area (Å²) in [5.41, 5.74) is 2.64. The van der Waals surface area contributed by atoms with E-state index in [1.165, 1.54) is 0 Å². The second-order valence-corrected chi connectivity index (χ2v) is 12.4. The fraction of sp³-hybridized carbons (Fsp3) is 0.542. The molecule has 1 saturated heterocycles. The summed E-state index contributed by atoms with van der Waals surface area (Å²) in [5, 5.41) is 5.68. The number of aromatic nitrogens is 2. The number of likely N-dealkylation sites (tertiary alicyclic amines) is 1. The van der Waals surface area contributed by atoms with Crippen molar-refractivity contribution in [1.29, 1.82) is 0 Å². The van der Waals surface area contributed by atoms with Gasteiger partial charge in [0.15, 0.2) is 0 Å². The highest BCUT2D eigenvalue weighted by Crippen LogP contribution is 2.26. The van der Waals surface area contributed by atoms with Crippen molar-refractivity contribution in [2.24, 2.45) is 0 Å². The van der Waals surface area contributed by atoms with Crippen molar-refractivity contribution in [2.45, 2.75) is 62.5 Å². The molecule has 9 nitrogen and oxygen atoms in total. The maximum atomic E-state index is 12.3. The van der Waals surface area contributed by atoms with Gasteiger partial charge in [-0.3, -0.25) is 10.2 Å². The van der Waals surface area contributed by atoms with E-state index in [0.717, 1.165) is 36.3 Å².